The highest BCUT2D eigenvalue weighted by Gasteiger charge is 2.26. The summed E-state index contributed by atoms with van der Waals surface area (Å²) in [5.74, 6) is -0.826. The van der Waals surface area contributed by atoms with Gasteiger partial charge in [0.2, 0.25) is 0 Å². The maximum absolute atomic E-state index is 12.7. The summed E-state index contributed by atoms with van der Waals surface area (Å²) in [5.41, 5.74) is 5.37. The normalized spacial score (nSPS) is 13.2. The molecule has 0 rings (SSSR count). The Labute approximate surface area is 408 Å². The number of esters is 2. The molecule has 0 aromatic rings. The van der Waals surface area contributed by atoms with Crippen LogP contribution in [-0.2, 0) is 32.7 Å². The third kappa shape index (κ3) is 51.9. The molecule has 0 aliphatic heterocycles. The molecule has 0 saturated heterocycles. The van der Waals surface area contributed by atoms with Crippen LogP contribution in [0.3, 0.4) is 0 Å². The molecule has 0 aromatic carbocycles. The molecule has 0 radical (unpaired) electrons. The predicted octanol–water partition coefficient (Wildman–Crippen LogP) is 17.5. The summed E-state index contributed by atoms with van der Waals surface area (Å²) in [5, 5.41) is 0. The lowest BCUT2D eigenvalue weighted by Gasteiger charge is -2.19. The lowest BCUT2D eigenvalue weighted by atomic mass is 10.0. The molecular weight excluding hydrogens is 846 g/mol. The first-order chi connectivity index (χ1) is 32.3. The molecule has 0 aliphatic carbocycles. The van der Waals surface area contributed by atoms with E-state index < -0.39 is 26.5 Å². The fourth-order valence-electron chi connectivity index (χ4n) is 8.33. The molecule has 0 aromatic heterocycles. The summed E-state index contributed by atoms with van der Waals surface area (Å²) in [6, 6.07) is 0. The third-order valence-electron chi connectivity index (χ3n) is 12.6. The van der Waals surface area contributed by atoms with Gasteiger partial charge in [-0.05, 0) is 64.2 Å². The second kappa shape index (κ2) is 52.9. The topological polar surface area (TPSA) is 134 Å². The lowest BCUT2D eigenvalue weighted by molar-refractivity contribution is -0.161. The third-order valence-corrected chi connectivity index (χ3v) is 13.5. The van der Waals surface area contributed by atoms with Gasteiger partial charge in [-0.1, -0.05) is 237 Å². The van der Waals surface area contributed by atoms with Crippen LogP contribution in [0.4, 0.5) is 0 Å². The summed E-state index contributed by atoms with van der Waals surface area (Å²) < 4.78 is 32.9. The summed E-state index contributed by atoms with van der Waals surface area (Å²) >= 11 is 0. The molecule has 0 spiro atoms. The minimum Gasteiger partial charge on any atom is -0.462 e. The number of carbonyl (C=O) groups is 2. The molecular formula is C56H108NO8P. The van der Waals surface area contributed by atoms with E-state index in [9.17, 15) is 19.0 Å². The first kappa shape index (κ1) is 64.5. The highest BCUT2D eigenvalue weighted by Crippen LogP contribution is 2.43. The fourth-order valence-corrected chi connectivity index (χ4v) is 9.10. The number of hydrogen-bond donors (Lipinski definition) is 2. The van der Waals surface area contributed by atoms with Crippen molar-refractivity contribution in [3.8, 4) is 0 Å². The van der Waals surface area contributed by atoms with Crippen LogP contribution in [0.2, 0.25) is 0 Å². The quantitative estimate of drug-likeness (QED) is 0.0264. The van der Waals surface area contributed by atoms with Gasteiger partial charge in [0, 0.05) is 19.4 Å². The zero-order chi connectivity index (χ0) is 48.1. The summed E-state index contributed by atoms with van der Waals surface area (Å²) in [7, 11) is -4.38. The standard InChI is InChI=1S/C56H108NO8P/c1-3-5-7-9-11-13-15-17-18-19-20-21-22-23-24-25-26-27-28-29-30-31-32-33-34-35-36-37-39-41-43-45-47-49-56(59)65-54(53-64-66(60,61)63-51-50-57)52-62-55(58)48-46-44-42-40-38-16-14-12-10-8-6-4-2/h12,14,19-20,54H,3-11,13,15-18,21-53,57H2,1-2H3,(H,60,61)/b14-12-,20-19-. The van der Waals surface area contributed by atoms with Crippen molar-refractivity contribution in [2.24, 2.45) is 5.73 Å². The van der Waals surface area contributed by atoms with Crippen LogP contribution in [-0.4, -0.2) is 49.3 Å². The van der Waals surface area contributed by atoms with Crippen LogP contribution in [0.5, 0.6) is 0 Å². The molecule has 390 valence electrons. The van der Waals surface area contributed by atoms with Crippen LogP contribution in [0.15, 0.2) is 24.3 Å². The molecule has 2 unspecified atom stereocenters. The van der Waals surface area contributed by atoms with Crippen molar-refractivity contribution in [1.82, 2.24) is 0 Å². The Morgan fingerprint density at radius 2 is 0.742 bits per heavy atom. The van der Waals surface area contributed by atoms with Crippen LogP contribution in [0.25, 0.3) is 0 Å². The zero-order valence-corrected chi connectivity index (χ0v) is 44.3. The van der Waals surface area contributed by atoms with E-state index >= 15 is 0 Å². The average Bonchev–Trinajstić information content (AvgIpc) is 3.31. The van der Waals surface area contributed by atoms with Gasteiger partial charge in [-0.3, -0.25) is 18.6 Å². The van der Waals surface area contributed by atoms with Crippen molar-refractivity contribution in [1.29, 1.82) is 0 Å². The predicted molar refractivity (Wildman–Crippen MR) is 280 cm³/mol. The Balaban J connectivity index is 3.80. The molecule has 2 atom stereocenters. The molecule has 10 heteroatoms. The van der Waals surface area contributed by atoms with Crippen molar-refractivity contribution in [3.63, 3.8) is 0 Å². The molecule has 0 bridgehead atoms. The van der Waals surface area contributed by atoms with Gasteiger partial charge in [-0.25, -0.2) is 4.57 Å². The molecule has 0 fully saturated rings. The van der Waals surface area contributed by atoms with E-state index in [1.165, 1.54) is 205 Å². The Bertz CT molecular complexity index is 1130. The number of nitrogens with two attached hydrogens (primary N) is 1. The number of phosphoric ester groups is 1. The maximum atomic E-state index is 12.7. The van der Waals surface area contributed by atoms with Crippen molar-refractivity contribution >= 4 is 19.8 Å². The highest BCUT2D eigenvalue weighted by atomic mass is 31.2. The second-order valence-corrected chi connectivity index (χ2v) is 20.6. The van der Waals surface area contributed by atoms with Crippen LogP contribution < -0.4 is 5.73 Å². The van der Waals surface area contributed by atoms with Gasteiger partial charge in [-0.15, -0.1) is 0 Å². The molecule has 3 N–H and O–H groups in total. The van der Waals surface area contributed by atoms with Gasteiger partial charge < -0.3 is 20.1 Å². The zero-order valence-electron chi connectivity index (χ0n) is 43.5. The molecule has 0 saturated carbocycles. The first-order valence-corrected chi connectivity index (χ1v) is 29.8. The number of ether oxygens (including phenoxy) is 2. The van der Waals surface area contributed by atoms with Crippen LogP contribution >= 0.6 is 7.82 Å². The van der Waals surface area contributed by atoms with E-state index in [1.807, 2.05) is 0 Å². The number of hydrogen-bond acceptors (Lipinski definition) is 8. The minimum absolute atomic E-state index is 0.0545. The van der Waals surface area contributed by atoms with Crippen molar-refractivity contribution < 1.29 is 37.6 Å². The number of phosphoric acid groups is 1. The average molecular weight is 954 g/mol. The molecule has 0 aliphatic rings. The van der Waals surface area contributed by atoms with E-state index in [0.29, 0.717) is 6.42 Å². The molecule has 9 nitrogen and oxygen atoms in total. The van der Waals surface area contributed by atoms with E-state index in [4.69, 9.17) is 24.3 Å². The Hall–Kier alpha value is -1.51. The van der Waals surface area contributed by atoms with E-state index in [2.05, 4.69) is 38.2 Å². The first-order valence-electron chi connectivity index (χ1n) is 28.3. The number of carbonyl (C=O) groups excluding carboxylic acids is 2. The van der Waals surface area contributed by atoms with Gasteiger partial charge in [0.05, 0.1) is 13.2 Å². The lowest BCUT2D eigenvalue weighted by Crippen LogP contribution is -2.29. The SMILES string of the molecule is CCCCC/C=C\CCCCCCCC(=O)OCC(COP(=O)(O)OCCN)OC(=O)CCCCCCCCCCCCCCCCCCCCCCC/C=C\CCCCCCCCCC. The van der Waals surface area contributed by atoms with Crippen LogP contribution in [0.1, 0.15) is 290 Å². The summed E-state index contributed by atoms with van der Waals surface area (Å²) in [6.07, 6.45) is 61.2. The Morgan fingerprint density at radius 1 is 0.439 bits per heavy atom. The van der Waals surface area contributed by atoms with Gasteiger partial charge in [0.1, 0.15) is 6.61 Å². The van der Waals surface area contributed by atoms with Crippen LogP contribution in [0, 0.1) is 0 Å². The molecule has 0 heterocycles. The Kier molecular flexibility index (Phi) is 51.6. The monoisotopic (exact) mass is 954 g/mol. The smallest absolute Gasteiger partial charge is 0.462 e. The van der Waals surface area contributed by atoms with Gasteiger partial charge in [0.25, 0.3) is 0 Å². The van der Waals surface area contributed by atoms with Crippen molar-refractivity contribution in [2.75, 3.05) is 26.4 Å². The number of allylic oxidation sites excluding steroid dienone is 4. The van der Waals surface area contributed by atoms with Gasteiger partial charge in [-0.2, -0.15) is 0 Å². The second-order valence-electron chi connectivity index (χ2n) is 19.2. The summed E-state index contributed by atoms with van der Waals surface area (Å²) in [4.78, 5) is 35.0. The largest absolute Gasteiger partial charge is 0.472 e. The van der Waals surface area contributed by atoms with Crippen molar-refractivity contribution in [2.45, 2.75) is 296 Å². The molecule has 66 heavy (non-hydrogen) atoms. The molecule has 0 amide bonds. The highest BCUT2D eigenvalue weighted by molar-refractivity contribution is 7.47. The fraction of sp³-hybridized carbons (Fsp3) is 0.893. The van der Waals surface area contributed by atoms with E-state index in [1.54, 1.807) is 0 Å². The maximum Gasteiger partial charge on any atom is 0.472 e. The van der Waals surface area contributed by atoms with Crippen molar-refractivity contribution in [3.05, 3.63) is 24.3 Å². The number of unbranched alkanes of at least 4 members (excludes halogenated alkanes) is 37. The van der Waals surface area contributed by atoms with E-state index in [0.717, 1.165) is 51.4 Å². The summed E-state index contributed by atoms with van der Waals surface area (Å²) in [6.45, 7) is 3.74. The number of rotatable bonds is 54. The minimum atomic E-state index is -4.38. The van der Waals surface area contributed by atoms with Gasteiger partial charge >= 0.3 is 19.8 Å². The Morgan fingerprint density at radius 3 is 1.11 bits per heavy atom. The van der Waals surface area contributed by atoms with E-state index in [-0.39, 0.29) is 38.6 Å². The van der Waals surface area contributed by atoms with Gasteiger partial charge in [0.15, 0.2) is 6.10 Å².